The Morgan fingerprint density at radius 1 is 1.42 bits per heavy atom. The lowest BCUT2D eigenvalue weighted by molar-refractivity contribution is 0.0119. The van der Waals surface area contributed by atoms with Crippen LogP contribution in [0.25, 0.3) is 0 Å². The first-order valence-corrected chi connectivity index (χ1v) is 7.38. The molecule has 1 aliphatic heterocycles. The molecular weight excluding hydrogens is 244 g/mol. The number of hydrogen-bond acceptors (Lipinski definition) is 3. The molecule has 5 nitrogen and oxygen atoms in total. The van der Waals surface area contributed by atoms with Crippen molar-refractivity contribution < 1.29 is 14.6 Å². The smallest absolute Gasteiger partial charge is 0.315 e. The molecule has 2 amide bonds. The molecule has 0 saturated carbocycles. The largest absolute Gasteiger partial charge is 0.394 e. The molecule has 19 heavy (non-hydrogen) atoms. The molecule has 1 aliphatic rings. The minimum atomic E-state index is -0.199. The van der Waals surface area contributed by atoms with Crippen molar-refractivity contribution in [3.63, 3.8) is 0 Å². The third kappa shape index (κ3) is 7.38. The van der Waals surface area contributed by atoms with Crippen LogP contribution in [0.5, 0.6) is 0 Å². The van der Waals surface area contributed by atoms with Crippen LogP contribution in [-0.2, 0) is 4.74 Å². The second kappa shape index (κ2) is 9.15. The average Bonchev–Trinajstić information content (AvgIpc) is 2.38. The van der Waals surface area contributed by atoms with Gasteiger partial charge in [0, 0.05) is 13.2 Å². The number of urea groups is 1. The minimum absolute atomic E-state index is 0.0165. The fraction of sp³-hybridized carbons (Fsp3) is 0.929. The Labute approximate surface area is 116 Å². The first-order chi connectivity index (χ1) is 9.11. The van der Waals surface area contributed by atoms with Crippen LogP contribution in [0.1, 0.15) is 46.0 Å². The van der Waals surface area contributed by atoms with Crippen LogP contribution in [0.15, 0.2) is 0 Å². The van der Waals surface area contributed by atoms with E-state index in [4.69, 9.17) is 4.74 Å². The summed E-state index contributed by atoms with van der Waals surface area (Å²) in [5, 5.41) is 14.8. The summed E-state index contributed by atoms with van der Waals surface area (Å²) in [6, 6.07) is -0.360. The molecule has 5 heteroatoms. The van der Waals surface area contributed by atoms with E-state index in [1.807, 2.05) is 0 Å². The van der Waals surface area contributed by atoms with Crippen LogP contribution >= 0.6 is 0 Å². The van der Waals surface area contributed by atoms with E-state index in [0.29, 0.717) is 18.6 Å². The molecule has 0 spiro atoms. The summed E-state index contributed by atoms with van der Waals surface area (Å²) in [4.78, 5) is 11.7. The fourth-order valence-corrected chi connectivity index (χ4v) is 2.37. The summed E-state index contributed by atoms with van der Waals surface area (Å²) in [5.74, 6) is 0.452. The number of amides is 2. The highest BCUT2D eigenvalue weighted by molar-refractivity contribution is 5.74. The molecule has 0 radical (unpaired) electrons. The van der Waals surface area contributed by atoms with Crippen molar-refractivity contribution in [2.24, 2.45) is 5.92 Å². The van der Waals surface area contributed by atoms with Crippen LogP contribution in [0.2, 0.25) is 0 Å². The van der Waals surface area contributed by atoms with Crippen molar-refractivity contribution in [1.82, 2.24) is 10.6 Å². The zero-order valence-corrected chi connectivity index (χ0v) is 12.2. The standard InChI is InChI=1S/C14H28N2O3/c1-11(2)9-12(10-17)16-14(18)15-7-6-13-5-3-4-8-19-13/h11-13,17H,3-10H2,1-2H3,(H2,15,16,18). The van der Waals surface area contributed by atoms with E-state index in [2.05, 4.69) is 24.5 Å². The Hall–Kier alpha value is -0.810. The zero-order chi connectivity index (χ0) is 14.1. The Bertz CT molecular complexity index is 253. The summed E-state index contributed by atoms with van der Waals surface area (Å²) in [6.45, 7) is 5.59. The molecule has 1 heterocycles. The lowest BCUT2D eigenvalue weighted by Crippen LogP contribution is -2.45. The molecule has 3 N–H and O–H groups in total. The van der Waals surface area contributed by atoms with Crippen LogP contribution < -0.4 is 10.6 Å². The number of hydrogen-bond donors (Lipinski definition) is 3. The van der Waals surface area contributed by atoms with Crippen LogP contribution in [0.3, 0.4) is 0 Å². The van der Waals surface area contributed by atoms with Crippen LogP contribution in [-0.4, -0.2) is 43.0 Å². The molecular formula is C14H28N2O3. The van der Waals surface area contributed by atoms with E-state index < -0.39 is 0 Å². The molecule has 112 valence electrons. The maximum Gasteiger partial charge on any atom is 0.315 e. The van der Waals surface area contributed by atoms with Gasteiger partial charge in [-0.2, -0.15) is 0 Å². The Kier molecular flexibility index (Phi) is 7.82. The Balaban J connectivity index is 2.12. The van der Waals surface area contributed by atoms with Crippen molar-refractivity contribution in [2.45, 2.75) is 58.1 Å². The van der Waals surface area contributed by atoms with Gasteiger partial charge in [0.1, 0.15) is 0 Å². The second-order valence-corrected chi connectivity index (χ2v) is 5.69. The number of aliphatic hydroxyl groups is 1. The van der Waals surface area contributed by atoms with Gasteiger partial charge >= 0.3 is 6.03 Å². The van der Waals surface area contributed by atoms with E-state index >= 15 is 0 Å². The zero-order valence-electron chi connectivity index (χ0n) is 12.2. The van der Waals surface area contributed by atoms with Crippen LogP contribution in [0, 0.1) is 5.92 Å². The first-order valence-electron chi connectivity index (χ1n) is 7.38. The maximum atomic E-state index is 11.7. The number of carbonyl (C=O) groups excluding carboxylic acids is 1. The summed E-state index contributed by atoms with van der Waals surface area (Å²) in [7, 11) is 0. The predicted octanol–water partition coefficient (Wildman–Crippen LogP) is 1.65. The fourth-order valence-electron chi connectivity index (χ4n) is 2.37. The average molecular weight is 272 g/mol. The van der Waals surface area contributed by atoms with Crippen molar-refractivity contribution in [1.29, 1.82) is 0 Å². The van der Waals surface area contributed by atoms with E-state index in [9.17, 15) is 9.90 Å². The van der Waals surface area contributed by atoms with Gasteiger partial charge in [-0.1, -0.05) is 13.8 Å². The molecule has 1 rings (SSSR count). The SMILES string of the molecule is CC(C)CC(CO)NC(=O)NCCC1CCCCO1. The van der Waals surface area contributed by atoms with Crippen molar-refractivity contribution in [3.8, 4) is 0 Å². The summed E-state index contributed by atoms with van der Waals surface area (Å²) in [5.41, 5.74) is 0. The number of carbonyl (C=O) groups is 1. The second-order valence-electron chi connectivity index (χ2n) is 5.69. The third-order valence-corrected chi connectivity index (χ3v) is 3.34. The normalized spacial score (nSPS) is 21.2. The molecule has 1 fully saturated rings. The number of nitrogens with one attached hydrogen (secondary N) is 2. The van der Waals surface area contributed by atoms with E-state index in [1.54, 1.807) is 0 Å². The monoisotopic (exact) mass is 272 g/mol. The highest BCUT2D eigenvalue weighted by Gasteiger charge is 2.15. The van der Waals surface area contributed by atoms with E-state index in [0.717, 1.165) is 32.3 Å². The topological polar surface area (TPSA) is 70.6 Å². The summed E-state index contributed by atoms with van der Waals surface area (Å²) >= 11 is 0. The number of aliphatic hydroxyl groups excluding tert-OH is 1. The van der Waals surface area contributed by atoms with Gasteiger partial charge in [0.25, 0.3) is 0 Å². The number of ether oxygens (including phenoxy) is 1. The minimum Gasteiger partial charge on any atom is -0.394 e. The molecule has 0 aliphatic carbocycles. The Morgan fingerprint density at radius 2 is 2.21 bits per heavy atom. The quantitative estimate of drug-likeness (QED) is 0.660. The Morgan fingerprint density at radius 3 is 2.79 bits per heavy atom. The lowest BCUT2D eigenvalue weighted by Gasteiger charge is -2.23. The van der Waals surface area contributed by atoms with Gasteiger partial charge < -0.3 is 20.5 Å². The van der Waals surface area contributed by atoms with Gasteiger partial charge in [-0.3, -0.25) is 0 Å². The highest BCUT2D eigenvalue weighted by atomic mass is 16.5. The third-order valence-electron chi connectivity index (χ3n) is 3.34. The molecule has 1 saturated heterocycles. The van der Waals surface area contributed by atoms with Crippen molar-refractivity contribution in [2.75, 3.05) is 19.8 Å². The highest BCUT2D eigenvalue weighted by Crippen LogP contribution is 2.14. The van der Waals surface area contributed by atoms with Gasteiger partial charge in [-0.25, -0.2) is 4.79 Å². The summed E-state index contributed by atoms with van der Waals surface area (Å²) < 4.78 is 5.60. The lowest BCUT2D eigenvalue weighted by atomic mass is 10.0. The van der Waals surface area contributed by atoms with Gasteiger partial charge in [0.05, 0.1) is 18.8 Å². The molecule has 0 aromatic heterocycles. The van der Waals surface area contributed by atoms with Crippen LogP contribution in [0.4, 0.5) is 4.79 Å². The molecule has 0 bridgehead atoms. The molecule has 2 atom stereocenters. The van der Waals surface area contributed by atoms with Gasteiger partial charge in [-0.05, 0) is 38.0 Å². The van der Waals surface area contributed by atoms with Gasteiger partial charge in [-0.15, -0.1) is 0 Å². The first kappa shape index (κ1) is 16.2. The number of rotatable bonds is 7. The van der Waals surface area contributed by atoms with Crippen molar-refractivity contribution in [3.05, 3.63) is 0 Å². The van der Waals surface area contributed by atoms with Gasteiger partial charge in [0.2, 0.25) is 0 Å². The molecule has 0 aromatic rings. The molecule has 0 aromatic carbocycles. The van der Waals surface area contributed by atoms with Gasteiger partial charge in [0.15, 0.2) is 0 Å². The van der Waals surface area contributed by atoms with Crippen molar-refractivity contribution >= 4 is 6.03 Å². The molecule has 2 unspecified atom stereocenters. The van der Waals surface area contributed by atoms with E-state index in [1.165, 1.54) is 6.42 Å². The maximum absolute atomic E-state index is 11.7. The summed E-state index contributed by atoms with van der Waals surface area (Å²) in [6.07, 6.45) is 5.40. The van der Waals surface area contributed by atoms with E-state index in [-0.39, 0.29) is 18.7 Å². The predicted molar refractivity (Wildman–Crippen MR) is 75.1 cm³/mol.